The van der Waals surface area contributed by atoms with Crippen molar-refractivity contribution in [3.63, 3.8) is 0 Å². The van der Waals surface area contributed by atoms with Crippen molar-refractivity contribution in [2.24, 2.45) is 0 Å². The van der Waals surface area contributed by atoms with Crippen LogP contribution < -0.4 is 16.0 Å². The molecule has 2 aromatic carbocycles. The van der Waals surface area contributed by atoms with Crippen molar-refractivity contribution in [1.29, 1.82) is 0 Å². The van der Waals surface area contributed by atoms with E-state index in [0.29, 0.717) is 10.9 Å². The molecule has 0 saturated heterocycles. The summed E-state index contributed by atoms with van der Waals surface area (Å²) in [6.45, 7) is 0. The van der Waals surface area contributed by atoms with Gasteiger partial charge in [-0.05, 0) is 48.1 Å². The van der Waals surface area contributed by atoms with Gasteiger partial charge >= 0.3 is 0 Å². The highest BCUT2D eigenvalue weighted by atomic mass is 32.1. The van der Waals surface area contributed by atoms with Crippen molar-refractivity contribution in [2.75, 3.05) is 10.6 Å². The van der Waals surface area contributed by atoms with E-state index >= 15 is 0 Å². The van der Waals surface area contributed by atoms with Crippen LogP contribution in [0.5, 0.6) is 0 Å². The molecule has 0 radical (unpaired) electrons. The topological polar surface area (TPSA) is 92.1 Å². The summed E-state index contributed by atoms with van der Waals surface area (Å²) in [5, 5.41) is 21.4. The molecule has 0 spiro atoms. The number of nitrogens with one attached hydrogen (secondary N) is 3. The highest BCUT2D eigenvalue weighted by Crippen LogP contribution is 2.36. The van der Waals surface area contributed by atoms with Crippen LogP contribution in [0.15, 0.2) is 54.6 Å². The smallest absolute Gasteiger partial charge is 0.269 e. The van der Waals surface area contributed by atoms with Gasteiger partial charge in [0.05, 0.1) is 15.5 Å². The lowest BCUT2D eigenvalue weighted by Gasteiger charge is -2.18. The Hall–Kier alpha value is -3.30. The van der Waals surface area contributed by atoms with Crippen LogP contribution in [0.1, 0.15) is 10.4 Å². The fraction of sp³-hybridized carbons (Fsp3) is 0. The lowest BCUT2D eigenvalue weighted by atomic mass is 10.1. The highest BCUT2D eigenvalue weighted by Gasteiger charge is 2.22. The van der Waals surface area contributed by atoms with E-state index in [1.807, 2.05) is 36.4 Å². The Labute approximate surface area is 163 Å². The second-order valence-electron chi connectivity index (χ2n) is 5.67. The van der Waals surface area contributed by atoms with Crippen molar-refractivity contribution in [2.45, 2.75) is 0 Å². The summed E-state index contributed by atoms with van der Waals surface area (Å²) in [7, 11) is 0. The quantitative estimate of drug-likeness (QED) is 0.338. The molecule has 27 heavy (non-hydrogen) atoms. The average molecular weight is 395 g/mol. The SMILES string of the molecule is O=[N+]([O-])c1ccc(C=C2NC(=S)Nc3nc(Nc4ccccc4)sc32)cc1. The predicted octanol–water partition coefficient (Wildman–Crippen LogP) is 4.59. The van der Waals surface area contributed by atoms with E-state index in [0.717, 1.165) is 27.0 Å². The normalized spacial score (nSPS) is 14.2. The van der Waals surface area contributed by atoms with Crippen molar-refractivity contribution >= 4 is 62.8 Å². The molecule has 0 unspecified atom stereocenters. The lowest BCUT2D eigenvalue weighted by Crippen LogP contribution is -2.31. The molecule has 0 bridgehead atoms. The number of nitro benzene ring substituents is 1. The van der Waals surface area contributed by atoms with E-state index in [4.69, 9.17) is 12.2 Å². The number of thiocarbonyl (C=S) groups is 1. The van der Waals surface area contributed by atoms with Crippen LogP contribution in [-0.2, 0) is 0 Å². The zero-order valence-corrected chi connectivity index (χ0v) is 15.4. The number of fused-ring (bicyclic) bond motifs is 1. The van der Waals surface area contributed by atoms with Crippen molar-refractivity contribution < 1.29 is 4.92 Å². The molecule has 1 aliphatic heterocycles. The van der Waals surface area contributed by atoms with Crippen LogP contribution in [0.25, 0.3) is 11.8 Å². The van der Waals surface area contributed by atoms with Gasteiger partial charge in [0.2, 0.25) is 0 Å². The van der Waals surface area contributed by atoms with Gasteiger partial charge in [0, 0.05) is 17.8 Å². The molecule has 4 rings (SSSR count). The van der Waals surface area contributed by atoms with Gasteiger partial charge in [0.1, 0.15) is 0 Å². The monoisotopic (exact) mass is 395 g/mol. The number of nitro groups is 1. The molecule has 0 saturated carbocycles. The Bertz CT molecular complexity index is 1050. The van der Waals surface area contributed by atoms with Gasteiger partial charge in [0.15, 0.2) is 16.1 Å². The maximum Gasteiger partial charge on any atom is 0.269 e. The number of hydrogen-bond acceptors (Lipinski definition) is 6. The minimum Gasteiger partial charge on any atom is -0.331 e. The summed E-state index contributed by atoms with van der Waals surface area (Å²) in [5.41, 5.74) is 2.62. The van der Waals surface area contributed by atoms with Gasteiger partial charge in [-0.1, -0.05) is 29.5 Å². The molecule has 0 atom stereocenters. The molecule has 0 aliphatic carbocycles. The van der Waals surface area contributed by atoms with Crippen LogP contribution in [0.2, 0.25) is 0 Å². The maximum atomic E-state index is 10.8. The largest absolute Gasteiger partial charge is 0.331 e. The molecular formula is C18H13N5O2S2. The van der Waals surface area contributed by atoms with E-state index in [-0.39, 0.29) is 5.69 Å². The molecule has 3 N–H and O–H groups in total. The van der Waals surface area contributed by atoms with E-state index < -0.39 is 4.92 Å². The van der Waals surface area contributed by atoms with Crippen LogP contribution in [0.4, 0.5) is 22.3 Å². The van der Waals surface area contributed by atoms with Crippen molar-refractivity contribution in [3.8, 4) is 0 Å². The number of para-hydroxylation sites is 1. The third-order valence-electron chi connectivity index (χ3n) is 3.79. The van der Waals surface area contributed by atoms with Gasteiger partial charge in [-0.2, -0.15) is 0 Å². The molecule has 3 aromatic rings. The van der Waals surface area contributed by atoms with Gasteiger partial charge in [-0.15, -0.1) is 0 Å². The molecule has 0 amide bonds. The third-order valence-corrected chi connectivity index (χ3v) is 5.00. The maximum absolute atomic E-state index is 10.8. The zero-order chi connectivity index (χ0) is 18.8. The molecular weight excluding hydrogens is 382 g/mol. The molecule has 134 valence electrons. The summed E-state index contributed by atoms with van der Waals surface area (Å²) >= 11 is 6.75. The standard InChI is InChI=1S/C18H13N5O2S2/c24-23(25)13-8-6-11(7-9-13)10-14-15-16(21-17(26)20-14)22-18(27-15)19-12-4-2-1-3-5-12/h1-10H,(H,19,22)(H2,20,21,26). The van der Waals surface area contributed by atoms with Crippen molar-refractivity contribution in [3.05, 3.63) is 75.2 Å². The Kier molecular flexibility index (Phi) is 4.53. The summed E-state index contributed by atoms with van der Waals surface area (Å²) < 4.78 is 0. The second kappa shape index (κ2) is 7.14. The van der Waals surface area contributed by atoms with Gasteiger partial charge in [-0.25, -0.2) is 4.98 Å². The minimum absolute atomic E-state index is 0.0544. The molecule has 9 heteroatoms. The molecule has 7 nitrogen and oxygen atoms in total. The third kappa shape index (κ3) is 3.78. The second-order valence-corrected chi connectivity index (χ2v) is 7.08. The fourth-order valence-electron chi connectivity index (χ4n) is 2.56. The predicted molar refractivity (Wildman–Crippen MR) is 112 cm³/mol. The summed E-state index contributed by atoms with van der Waals surface area (Å²) in [6.07, 6.45) is 1.89. The van der Waals surface area contributed by atoms with Gasteiger partial charge < -0.3 is 16.0 Å². The Morgan fingerprint density at radius 2 is 1.85 bits per heavy atom. The molecule has 0 fully saturated rings. The molecule has 1 aromatic heterocycles. The highest BCUT2D eigenvalue weighted by molar-refractivity contribution is 7.80. The number of aromatic nitrogens is 1. The fourth-order valence-corrected chi connectivity index (χ4v) is 3.68. The molecule has 1 aliphatic rings. The minimum atomic E-state index is -0.419. The van der Waals surface area contributed by atoms with E-state index in [2.05, 4.69) is 20.9 Å². The number of nitrogens with zero attached hydrogens (tertiary/aromatic N) is 2. The van der Waals surface area contributed by atoms with Crippen LogP contribution in [-0.4, -0.2) is 15.0 Å². The van der Waals surface area contributed by atoms with Gasteiger partial charge in [-0.3, -0.25) is 10.1 Å². The van der Waals surface area contributed by atoms with Crippen LogP contribution in [0.3, 0.4) is 0 Å². The summed E-state index contributed by atoms with van der Waals surface area (Å²) in [6, 6.07) is 16.1. The Morgan fingerprint density at radius 1 is 1.11 bits per heavy atom. The number of benzene rings is 2. The lowest BCUT2D eigenvalue weighted by molar-refractivity contribution is -0.384. The zero-order valence-electron chi connectivity index (χ0n) is 13.8. The number of thiazole rings is 1. The first-order valence-corrected chi connectivity index (χ1v) is 9.18. The van der Waals surface area contributed by atoms with Crippen molar-refractivity contribution in [1.82, 2.24) is 10.3 Å². The molecule has 2 heterocycles. The Morgan fingerprint density at radius 3 is 2.56 bits per heavy atom. The summed E-state index contributed by atoms with van der Waals surface area (Å²) in [4.78, 5) is 15.8. The first-order chi connectivity index (χ1) is 13.1. The summed E-state index contributed by atoms with van der Waals surface area (Å²) in [5.74, 6) is 0.676. The first-order valence-electron chi connectivity index (χ1n) is 7.96. The number of rotatable bonds is 4. The number of non-ortho nitro benzene ring substituents is 1. The van der Waals surface area contributed by atoms with Gasteiger partial charge in [0.25, 0.3) is 5.69 Å². The Balaban J connectivity index is 1.65. The number of hydrogen-bond donors (Lipinski definition) is 3. The van der Waals surface area contributed by atoms with Crippen LogP contribution in [0, 0.1) is 10.1 Å². The first kappa shape index (κ1) is 17.1. The van der Waals surface area contributed by atoms with E-state index in [9.17, 15) is 10.1 Å². The van der Waals surface area contributed by atoms with E-state index in [1.165, 1.54) is 23.5 Å². The average Bonchev–Trinajstić information content (AvgIpc) is 3.05. The van der Waals surface area contributed by atoms with Crippen LogP contribution >= 0.6 is 23.6 Å². The van der Waals surface area contributed by atoms with E-state index in [1.54, 1.807) is 12.1 Å². The number of anilines is 3.